The first-order valence-corrected chi connectivity index (χ1v) is 11.7. The summed E-state index contributed by atoms with van der Waals surface area (Å²) in [6, 6.07) is 19.6. The Balaban J connectivity index is 1.77. The summed E-state index contributed by atoms with van der Waals surface area (Å²) in [6.45, 7) is -0.278. The zero-order chi connectivity index (χ0) is 24.0. The van der Waals surface area contributed by atoms with Crippen LogP contribution in [0.2, 0.25) is 0 Å². The van der Waals surface area contributed by atoms with Crippen LogP contribution in [0, 0.1) is 23.0 Å². The summed E-state index contributed by atoms with van der Waals surface area (Å²) in [5.74, 6) is -2.43. The van der Waals surface area contributed by atoms with Gasteiger partial charge in [-0.05, 0) is 35.9 Å². The molecule has 2 aliphatic rings. The van der Waals surface area contributed by atoms with Gasteiger partial charge in [0.15, 0.2) is 5.76 Å². The van der Waals surface area contributed by atoms with Gasteiger partial charge in [-0.2, -0.15) is 5.26 Å². The van der Waals surface area contributed by atoms with Crippen LogP contribution in [0.1, 0.15) is 22.6 Å². The van der Waals surface area contributed by atoms with Crippen molar-refractivity contribution in [1.82, 2.24) is 0 Å². The molecule has 170 valence electrons. The molecule has 2 aliphatic heterocycles. The maximum Gasteiger partial charge on any atom is 0.265 e. The van der Waals surface area contributed by atoms with Crippen LogP contribution < -0.4 is 10.0 Å². The molecule has 6 nitrogen and oxygen atoms in total. The van der Waals surface area contributed by atoms with E-state index in [0.29, 0.717) is 11.1 Å². The molecule has 0 aliphatic carbocycles. The Morgan fingerprint density at radius 3 is 2.38 bits per heavy atom. The Morgan fingerprint density at radius 2 is 1.68 bits per heavy atom. The number of hydrogen-bond donors (Lipinski definition) is 1. The van der Waals surface area contributed by atoms with Gasteiger partial charge in [0.1, 0.15) is 28.2 Å². The molecule has 1 atom stereocenters. The van der Waals surface area contributed by atoms with E-state index in [0.717, 1.165) is 4.31 Å². The SMILES string of the molecule is N#CC1=C(N)OC2=C([C@@H]1c1ccc(F)cc1)S(=O)(=O)N(Cc1ccccc1F)c1ccccc12. The van der Waals surface area contributed by atoms with Crippen molar-refractivity contribution in [1.29, 1.82) is 5.26 Å². The average molecular weight is 477 g/mol. The summed E-state index contributed by atoms with van der Waals surface area (Å²) in [6.07, 6.45) is 0. The summed E-state index contributed by atoms with van der Waals surface area (Å²) in [7, 11) is -4.34. The zero-order valence-electron chi connectivity index (χ0n) is 17.6. The number of anilines is 1. The molecule has 0 radical (unpaired) electrons. The van der Waals surface area contributed by atoms with E-state index in [1.807, 2.05) is 6.07 Å². The van der Waals surface area contributed by atoms with Crippen LogP contribution in [0.25, 0.3) is 5.76 Å². The van der Waals surface area contributed by atoms with E-state index in [9.17, 15) is 22.5 Å². The van der Waals surface area contributed by atoms with Crippen LogP contribution in [0.15, 0.2) is 89.2 Å². The van der Waals surface area contributed by atoms with Crippen molar-refractivity contribution in [3.05, 3.63) is 117 Å². The number of nitrogens with zero attached hydrogens (tertiary/aromatic N) is 2. The molecule has 34 heavy (non-hydrogen) atoms. The van der Waals surface area contributed by atoms with E-state index < -0.39 is 27.6 Å². The summed E-state index contributed by atoms with van der Waals surface area (Å²) < 4.78 is 63.1. The van der Waals surface area contributed by atoms with E-state index in [1.54, 1.807) is 30.3 Å². The van der Waals surface area contributed by atoms with Crippen molar-refractivity contribution in [3.63, 3.8) is 0 Å². The topological polar surface area (TPSA) is 96.4 Å². The molecule has 0 bridgehead atoms. The van der Waals surface area contributed by atoms with Gasteiger partial charge in [0.05, 0.1) is 18.2 Å². The molecular formula is C25H17F2N3O3S. The summed E-state index contributed by atoms with van der Waals surface area (Å²) in [5, 5.41) is 9.82. The van der Waals surface area contributed by atoms with Crippen molar-refractivity contribution in [2.75, 3.05) is 4.31 Å². The first-order valence-electron chi connectivity index (χ1n) is 10.3. The molecule has 3 aromatic rings. The Bertz CT molecular complexity index is 1520. The first-order chi connectivity index (χ1) is 16.3. The molecule has 2 heterocycles. The summed E-state index contributed by atoms with van der Waals surface area (Å²) in [4.78, 5) is -0.208. The van der Waals surface area contributed by atoms with Crippen molar-refractivity contribution < 1.29 is 21.9 Å². The molecule has 0 saturated heterocycles. The lowest BCUT2D eigenvalue weighted by Gasteiger charge is -2.38. The number of halogens is 2. The second-order valence-corrected chi connectivity index (χ2v) is 9.62. The van der Waals surface area contributed by atoms with Crippen molar-refractivity contribution in [2.24, 2.45) is 5.73 Å². The first kappa shape index (κ1) is 21.7. The minimum atomic E-state index is -4.34. The fourth-order valence-electron chi connectivity index (χ4n) is 4.25. The number of sulfonamides is 1. The second-order valence-electron chi connectivity index (χ2n) is 7.79. The Labute approximate surface area is 194 Å². The number of para-hydroxylation sites is 1. The molecule has 2 N–H and O–H groups in total. The number of ether oxygens (including phenoxy) is 1. The van der Waals surface area contributed by atoms with Crippen LogP contribution >= 0.6 is 0 Å². The lowest BCUT2D eigenvalue weighted by atomic mass is 9.88. The fourth-order valence-corrected chi connectivity index (χ4v) is 6.15. The van der Waals surface area contributed by atoms with Gasteiger partial charge in [-0.15, -0.1) is 0 Å². The second kappa shape index (κ2) is 8.01. The Morgan fingerprint density at radius 1 is 1.00 bits per heavy atom. The molecule has 0 fully saturated rings. The number of rotatable bonds is 3. The summed E-state index contributed by atoms with van der Waals surface area (Å²) in [5.41, 5.74) is 7.18. The highest BCUT2D eigenvalue weighted by molar-refractivity contribution is 7.96. The number of allylic oxidation sites excluding steroid dienone is 2. The van der Waals surface area contributed by atoms with E-state index in [2.05, 4.69) is 0 Å². The lowest BCUT2D eigenvalue weighted by Crippen LogP contribution is -2.39. The lowest BCUT2D eigenvalue weighted by molar-refractivity contribution is 0.357. The van der Waals surface area contributed by atoms with Crippen molar-refractivity contribution in [3.8, 4) is 6.07 Å². The van der Waals surface area contributed by atoms with E-state index in [4.69, 9.17) is 10.5 Å². The monoisotopic (exact) mass is 477 g/mol. The van der Waals surface area contributed by atoms with Crippen molar-refractivity contribution in [2.45, 2.75) is 12.5 Å². The number of hydrogen-bond acceptors (Lipinski definition) is 5. The van der Waals surface area contributed by atoms with E-state index in [1.165, 1.54) is 42.5 Å². The van der Waals surface area contributed by atoms with Gasteiger partial charge in [0.2, 0.25) is 5.88 Å². The highest BCUT2D eigenvalue weighted by Crippen LogP contribution is 2.51. The smallest absolute Gasteiger partial charge is 0.265 e. The maximum absolute atomic E-state index is 14.5. The van der Waals surface area contributed by atoms with Gasteiger partial charge in [0.25, 0.3) is 10.0 Å². The summed E-state index contributed by atoms with van der Waals surface area (Å²) >= 11 is 0. The van der Waals surface area contributed by atoms with E-state index >= 15 is 0 Å². The number of fused-ring (bicyclic) bond motifs is 2. The minimum Gasteiger partial charge on any atom is -0.439 e. The highest BCUT2D eigenvalue weighted by atomic mass is 32.2. The zero-order valence-corrected chi connectivity index (χ0v) is 18.4. The molecule has 5 rings (SSSR count). The van der Waals surface area contributed by atoms with Crippen LogP contribution in [-0.2, 0) is 21.3 Å². The third-order valence-electron chi connectivity index (χ3n) is 5.83. The fraction of sp³-hybridized carbons (Fsp3) is 0.0800. The van der Waals surface area contributed by atoms with Gasteiger partial charge in [-0.25, -0.2) is 17.2 Å². The largest absolute Gasteiger partial charge is 0.439 e. The van der Waals surface area contributed by atoms with Crippen LogP contribution in [0.3, 0.4) is 0 Å². The third kappa shape index (κ3) is 3.31. The predicted molar refractivity (Wildman–Crippen MR) is 122 cm³/mol. The van der Waals surface area contributed by atoms with Gasteiger partial charge >= 0.3 is 0 Å². The van der Waals surface area contributed by atoms with Gasteiger partial charge in [-0.1, -0.05) is 42.5 Å². The number of nitrogens with two attached hydrogens (primary N) is 1. The molecule has 0 aromatic heterocycles. The molecule has 9 heteroatoms. The molecule has 3 aromatic carbocycles. The van der Waals surface area contributed by atoms with Crippen LogP contribution in [0.4, 0.5) is 14.5 Å². The Hall–Kier alpha value is -4.16. The number of nitriles is 1. The molecule has 0 spiro atoms. The van der Waals surface area contributed by atoms with E-state index in [-0.39, 0.29) is 39.9 Å². The molecule has 0 unspecified atom stereocenters. The highest BCUT2D eigenvalue weighted by Gasteiger charge is 2.47. The molecule has 0 saturated carbocycles. The molecule has 0 amide bonds. The van der Waals surface area contributed by atoms with Crippen molar-refractivity contribution >= 4 is 21.5 Å². The maximum atomic E-state index is 14.5. The normalized spacial score (nSPS) is 18.6. The van der Waals surface area contributed by atoms with Gasteiger partial charge < -0.3 is 10.5 Å². The minimum absolute atomic E-state index is 0.00814. The van der Waals surface area contributed by atoms with Gasteiger partial charge in [-0.3, -0.25) is 4.31 Å². The quantitative estimate of drug-likeness (QED) is 0.600. The third-order valence-corrected chi connectivity index (χ3v) is 7.72. The predicted octanol–water partition coefficient (Wildman–Crippen LogP) is 4.49. The standard InChI is InChI=1S/C25H17F2N3O3S/c26-17-11-9-15(10-12-17)22-19(13-28)25(29)33-23-18-6-2-4-8-21(18)30(34(31,32)24(22)23)14-16-5-1-3-7-20(16)27/h1-12,22H,14,29H2/t22-/m1/s1. The van der Waals surface area contributed by atoms with Crippen LogP contribution in [0.5, 0.6) is 0 Å². The van der Waals surface area contributed by atoms with Gasteiger partial charge in [0, 0.05) is 11.1 Å². The number of benzene rings is 3. The molecular weight excluding hydrogens is 460 g/mol. The average Bonchev–Trinajstić information content (AvgIpc) is 2.82. The Kier molecular flexibility index (Phi) is 5.10. The van der Waals surface area contributed by atoms with Crippen LogP contribution in [-0.4, -0.2) is 8.42 Å².